The van der Waals surface area contributed by atoms with Crippen molar-refractivity contribution in [2.45, 2.75) is 31.9 Å². The molecule has 1 N–H and O–H groups in total. The van der Waals surface area contributed by atoms with Gasteiger partial charge in [-0.3, -0.25) is 0 Å². The normalized spacial score (nSPS) is 18.6. The van der Waals surface area contributed by atoms with E-state index < -0.39 is 0 Å². The Labute approximate surface area is 115 Å². The number of methoxy groups -OCH3 is 3. The molecule has 2 rings (SSSR count). The van der Waals surface area contributed by atoms with Crippen LogP contribution in [0, 0.1) is 0 Å². The van der Waals surface area contributed by atoms with Gasteiger partial charge in [-0.2, -0.15) is 0 Å². The van der Waals surface area contributed by atoms with Crippen LogP contribution in [0.25, 0.3) is 0 Å². The van der Waals surface area contributed by atoms with Crippen molar-refractivity contribution in [3.63, 3.8) is 0 Å². The minimum atomic E-state index is 0.544. The van der Waals surface area contributed by atoms with Crippen molar-refractivity contribution in [2.24, 2.45) is 0 Å². The smallest absolute Gasteiger partial charge is 0.166 e. The van der Waals surface area contributed by atoms with Crippen molar-refractivity contribution in [3.8, 4) is 11.5 Å². The van der Waals surface area contributed by atoms with Crippen LogP contribution in [-0.2, 0) is 17.8 Å². The van der Waals surface area contributed by atoms with E-state index in [0.29, 0.717) is 12.6 Å². The van der Waals surface area contributed by atoms with Crippen LogP contribution in [0.2, 0.25) is 0 Å². The molecule has 4 nitrogen and oxygen atoms in total. The molecule has 1 atom stereocenters. The molecule has 1 heterocycles. The molecule has 0 saturated carbocycles. The Morgan fingerprint density at radius 3 is 2.63 bits per heavy atom. The van der Waals surface area contributed by atoms with Crippen molar-refractivity contribution in [1.29, 1.82) is 0 Å². The third-order valence-corrected chi connectivity index (χ3v) is 3.66. The van der Waals surface area contributed by atoms with E-state index in [-0.39, 0.29) is 0 Å². The van der Waals surface area contributed by atoms with Gasteiger partial charge in [0.1, 0.15) is 0 Å². The monoisotopic (exact) mass is 265 g/mol. The summed E-state index contributed by atoms with van der Waals surface area (Å²) in [5.74, 6) is 1.55. The van der Waals surface area contributed by atoms with E-state index in [0.717, 1.165) is 30.0 Å². The molecule has 1 unspecified atom stereocenters. The van der Waals surface area contributed by atoms with Crippen LogP contribution >= 0.6 is 0 Å². The second-order valence-corrected chi connectivity index (χ2v) is 4.87. The fraction of sp³-hybridized carbons (Fsp3) is 0.600. The molecule has 19 heavy (non-hydrogen) atoms. The molecule has 0 aromatic heterocycles. The summed E-state index contributed by atoms with van der Waals surface area (Å²) < 4.78 is 16.2. The highest BCUT2D eigenvalue weighted by molar-refractivity contribution is 5.51. The third-order valence-electron chi connectivity index (χ3n) is 3.66. The van der Waals surface area contributed by atoms with E-state index in [4.69, 9.17) is 14.2 Å². The fourth-order valence-electron chi connectivity index (χ4n) is 2.72. The van der Waals surface area contributed by atoms with Gasteiger partial charge in [-0.25, -0.2) is 0 Å². The number of hydrogen-bond acceptors (Lipinski definition) is 4. The SMILES string of the molecule is COCc1c(CC2CCCN2)ccc(OC)c1OC. The molecule has 0 radical (unpaired) electrons. The summed E-state index contributed by atoms with van der Waals surface area (Å²) in [6.07, 6.45) is 3.51. The first-order valence-electron chi connectivity index (χ1n) is 6.75. The summed E-state index contributed by atoms with van der Waals surface area (Å²) in [6, 6.07) is 4.66. The lowest BCUT2D eigenvalue weighted by atomic mass is 9.98. The van der Waals surface area contributed by atoms with E-state index in [2.05, 4.69) is 11.4 Å². The molecule has 1 saturated heterocycles. The Kier molecular flexibility index (Phi) is 5.05. The van der Waals surface area contributed by atoms with Gasteiger partial charge in [-0.1, -0.05) is 6.07 Å². The number of hydrogen-bond donors (Lipinski definition) is 1. The van der Waals surface area contributed by atoms with E-state index in [1.807, 2.05) is 6.07 Å². The average molecular weight is 265 g/mol. The van der Waals surface area contributed by atoms with Crippen LogP contribution in [-0.4, -0.2) is 33.9 Å². The maximum Gasteiger partial charge on any atom is 0.166 e. The van der Waals surface area contributed by atoms with Gasteiger partial charge in [0.25, 0.3) is 0 Å². The van der Waals surface area contributed by atoms with Crippen LogP contribution in [0.15, 0.2) is 12.1 Å². The highest BCUT2D eigenvalue weighted by atomic mass is 16.5. The largest absolute Gasteiger partial charge is 0.493 e. The van der Waals surface area contributed by atoms with Gasteiger partial charge in [0.15, 0.2) is 11.5 Å². The first kappa shape index (κ1) is 14.2. The number of benzene rings is 1. The standard InChI is InChI=1S/C15H23NO3/c1-17-10-13-11(9-12-5-4-8-16-12)6-7-14(18-2)15(13)19-3/h6-7,12,16H,4-5,8-10H2,1-3H3. The molecule has 1 aromatic rings. The summed E-state index contributed by atoms with van der Waals surface area (Å²) in [5.41, 5.74) is 2.37. The Balaban J connectivity index is 2.29. The van der Waals surface area contributed by atoms with Crippen molar-refractivity contribution in [2.75, 3.05) is 27.9 Å². The zero-order valence-corrected chi connectivity index (χ0v) is 12.0. The molecular weight excluding hydrogens is 242 g/mol. The van der Waals surface area contributed by atoms with Gasteiger partial charge in [0.05, 0.1) is 20.8 Å². The van der Waals surface area contributed by atoms with Crippen molar-refractivity contribution in [1.82, 2.24) is 5.32 Å². The third kappa shape index (κ3) is 3.19. The maximum atomic E-state index is 5.50. The van der Waals surface area contributed by atoms with Crippen molar-refractivity contribution >= 4 is 0 Å². The summed E-state index contributed by atoms with van der Waals surface area (Å²) in [5, 5.41) is 3.53. The minimum Gasteiger partial charge on any atom is -0.493 e. The highest BCUT2D eigenvalue weighted by Gasteiger charge is 2.20. The first-order valence-corrected chi connectivity index (χ1v) is 6.75. The van der Waals surface area contributed by atoms with Crippen LogP contribution < -0.4 is 14.8 Å². The van der Waals surface area contributed by atoms with E-state index >= 15 is 0 Å². The Morgan fingerprint density at radius 1 is 1.21 bits per heavy atom. The quantitative estimate of drug-likeness (QED) is 0.855. The van der Waals surface area contributed by atoms with E-state index in [1.165, 1.54) is 18.4 Å². The molecule has 0 spiro atoms. The molecular formula is C15H23NO3. The van der Waals surface area contributed by atoms with Gasteiger partial charge in [-0.05, 0) is 37.4 Å². The Hall–Kier alpha value is -1.26. The highest BCUT2D eigenvalue weighted by Crippen LogP contribution is 2.34. The average Bonchev–Trinajstić information content (AvgIpc) is 2.93. The lowest BCUT2D eigenvalue weighted by molar-refractivity contribution is 0.180. The molecule has 4 heteroatoms. The van der Waals surface area contributed by atoms with Gasteiger partial charge in [-0.15, -0.1) is 0 Å². The van der Waals surface area contributed by atoms with Crippen molar-refractivity contribution < 1.29 is 14.2 Å². The molecule has 0 amide bonds. The van der Waals surface area contributed by atoms with Crippen molar-refractivity contribution in [3.05, 3.63) is 23.3 Å². The lowest BCUT2D eigenvalue weighted by Gasteiger charge is -2.18. The maximum absolute atomic E-state index is 5.50. The number of nitrogens with one attached hydrogen (secondary N) is 1. The topological polar surface area (TPSA) is 39.7 Å². The molecule has 0 aliphatic carbocycles. The Morgan fingerprint density at radius 2 is 2.05 bits per heavy atom. The fourth-order valence-corrected chi connectivity index (χ4v) is 2.72. The molecule has 0 bridgehead atoms. The summed E-state index contributed by atoms with van der Waals surface area (Å²) in [6.45, 7) is 1.67. The Bertz CT molecular complexity index is 414. The van der Waals surface area contributed by atoms with Gasteiger partial charge >= 0.3 is 0 Å². The van der Waals surface area contributed by atoms with Crippen LogP contribution in [0.5, 0.6) is 11.5 Å². The van der Waals surface area contributed by atoms with Gasteiger partial charge in [0.2, 0.25) is 0 Å². The van der Waals surface area contributed by atoms with Crippen LogP contribution in [0.4, 0.5) is 0 Å². The first-order chi connectivity index (χ1) is 9.30. The van der Waals surface area contributed by atoms with Crippen LogP contribution in [0.1, 0.15) is 24.0 Å². The molecule has 106 valence electrons. The second-order valence-electron chi connectivity index (χ2n) is 4.87. The summed E-state index contributed by atoms with van der Waals surface area (Å²) in [7, 11) is 5.04. The predicted octanol–water partition coefficient (Wildman–Crippen LogP) is 2.14. The second kappa shape index (κ2) is 6.78. The predicted molar refractivity (Wildman–Crippen MR) is 75.0 cm³/mol. The van der Waals surface area contributed by atoms with E-state index in [9.17, 15) is 0 Å². The molecule has 1 fully saturated rings. The summed E-state index contributed by atoms with van der Waals surface area (Å²) >= 11 is 0. The zero-order valence-electron chi connectivity index (χ0n) is 12.0. The number of ether oxygens (including phenoxy) is 3. The molecule has 1 aliphatic heterocycles. The molecule has 1 aromatic carbocycles. The zero-order chi connectivity index (χ0) is 13.7. The van der Waals surface area contributed by atoms with Crippen LogP contribution in [0.3, 0.4) is 0 Å². The van der Waals surface area contributed by atoms with Gasteiger partial charge in [0, 0.05) is 18.7 Å². The molecule has 1 aliphatic rings. The van der Waals surface area contributed by atoms with Gasteiger partial charge < -0.3 is 19.5 Å². The van der Waals surface area contributed by atoms with E-state index in [1.54, 1.807) is 21.3 Å². The minimum absolute atomic E-state index is 0.544. The lowest BCUT2D eigenvalue weighted by Crippen LogP contribution is -2.24. The number of rotatable bonds is 6. The summed E-state index contributed by atoms with van der Waals surface area (Å²) in [4.78, 5) is 0.